The Hall–Kier alpha value is -3.13. The molecule has 1 N–H and O–H groups in total. The number of rotatable bonds is 7. The van der Waals surface area contributed by atoms with Crippen molar-refractivity contribution in [3.8, 4) is 11.5 Å². The number of methoxy groups -OCH3 is 2. The highest BCUT2D eigenvalue weighted by Crippen LogP contribution is 2.38. The van der Waals surface area contributed by atoms with Crippen LogP contribution in [0.5, 0.6) is 11.5 Å². The molecular formula is C20H23N3O5. The molecule has 1 atom stereocenters. The van der Waals surface area contributed by atoms with Gasteiger partial charge < -0.3 is 14.8 Å². The molecule has 0 aliphatic carbocycles. The van der Waals surface area contributed by atoms with Gasteiger partial charge in [-0.3, -0.25) is 19.8 Å². The molecule has 1 aliphatic heterocycles. The minimum absolute atomic E-state index is 0.0153. The fraction of sp³-hybridized carbons (Fsp3) is 0.350. The number of nitro groups is 1. The second-order valence-corrected chi connectivity index (χ2v) is 6.56. The fourth-order valence-corrected chi connectivity index (χ4v) is 3.58. The second kappa shape index (κ2) is 8.71. The number of nitrogens with zero attached hydrogens (tertiary/aromatic N) is 2. The molecule has 1 amide bonds. The zero-order valence-electron chi connectivity index (χ0n) is 15.9. The van der Waals surface area contributed by atoms with Crippen LogP contribution in [0.25, 0.3) is 0 Å². The third-order valence-corrected chi connectivity index (χ3v) is 4.88. The van der Waals surface area contributed by atoms with E-state index in [0.29, 0.717) is 0 Å². The van der Waals surface area contributed by atoms with Gasteiger partial charge in [0.15, 0.2) is 0 Å². The first-order chi connectivity index (χ1) is 13.5. The summed E-state index contributed by atoms with van der Waals surface area (Å²) in [5.74, 6) is 1.19. The summed E-state index contributed by atoms with van der Waals surface area (Å²) in [6.07, 6.45) is 1.84. The molecule has 2 aromatic carbocycles. The fourth-order valence-electron chi connectivity index (χ4n) is 3.58. The van der Waals surface area contributed by atoms with E-state index in [4.69, 9.17) is 9.47 Å². The molecule has 8 nitrogen and oxygen atoms in total. The number of carbonyl (C=O) groups is 1. The molecule has 1 heterocycles. The van der Waals surface area contributed by atoms with Crippen LogP contribution in [0.2, 0.25) is 0 Å². The minimum Gasteiger partial charge on any atom is -0.497 e. The van der Waals surface area contributed by atoms with E-state index in [9.17, 15) is 14.9 Å². The molecule has 1 fully saturated rings. The van der Waals surface area contributed by atoms with E-state index in [1.165, 1.54) is 12.1 Å². The summed E-state index contributed by atoms with van der Waals surface area (Å²) in [4.78, 5) is 25.3. The normalized spacial score (nSPS) is 16.6. The molecule has 0 radical (unpaired) electrons. The lowest BCUT2D eigenvalue weighted by Crippen LogP contribution is -2.33. The number of carbonyl (C=O) groups excluding carboxylic acids is 1. The number of likely N-dealkylation sites (tertiary alicyclic amines) is 1. The summed E-state index contributed by atoms with van der Waals surface area (Å²) >= 11 is 0. The Bertz CT molecular complexity index is 871. The summed E-state index contributed by atoms with van der Waals surface area (Å²) < 4.78 is 10.8. The summed E-state index contributed by atoms with van der Waals surface area (Å²) in [5, 5.41) is 13.8. The molecule has 3 rings (SSSR count). The summed E-state index contributed by atoms with van der Waals surface area (Å²) in [5.41, 5.74) is 1.05. The van der Waals surface area contributed by atoms with E-state index in [1.54, 1.807) is 26.4 Å². The number of benzene rings is 2. The van der Waals surface area contributed by atoms with E-state index in [1.807, 2.05) is 18.2 Å². The zero-order valence-corrected chi connectivity index (χ0v) is 15.9. The van der Waals surface area contributed by atoms with Gasteiger partial charge in [-0.05, 0) is 43.7 Å². The van der Waals surface area contributed by atoms with E-state index in [-0.39, 0.29) is 29.9 Å². The average Bonchev–Trinajstić information content (AvgIpc) is 3.15. The first-order valence-electron chi connectivity index (χ1n) is 9.02. The molecule has 1 aliphatic rings. The molecule has 28 heavy (non-hydrogen) atoms. The highest BCUT2D eigenvalue weighted by atomic mass is 16.6. The number of ether oxygens (including phenoxy) is 2. The molecule has 0 aromatic heterocycles. The predicted molar refractivity (Wildman–Crippen MR) is 105 cm³/mol. The molecule has 0 unspecified atom stereocenters. The molecule has 1 saturated heterocycles. The third-order valence-electron chi connectivity index (χ3n) is 4.88. The van der Waals surface area contributed by atoms with Crippen LogP contribution >= 0.6 is 0 Å². The molecule has 0 bridgehead atoms. The van der Waals surface area contributed by atoms with Gasteiger partial charge in [0, 0.05) is 17.7 Å². The van der Waals surface area contributed by atoms with Gasteiger partial charge in [0.1, 0.15) is 17.2 Å². The number of hydrogen-bond acceptors (Lipinski definition) is 6. The van der Waals surface area contributed by atoms with Gasteiger partial charge in [0.25, 0.3) is 5.69 Å². The Morgan fingerprint density at radius 1 is 1.25 bits per heavy atom. The van der Waals surface area contributed by atoms with Crippen molar-refractivity contribution in [2.24, 2.45) is 0 Å². The number of anilines is 1. The highest BCUT2D eigenvalue weighted by molar-refractivity contribution is 5.94. The molecule has 148 valence electrons. The molecule has 8 heteroatoms. The SMILES string of the molecule is COc1ccc(OC)c([C@@H]2CCCN2CC(=O)Nc2ccccc2[N+](=O)[O-])c1. The van der Waals surface area contributed by atoms with E-state index in [2.05, 4.69) is 10.2 Å². The number of hydrogen-bond donors (Lipinski definition) is 1. The average molecular weight is 385 g/mol. The Kier molecular flexibility index (Phi) is 6.10. The molecule has 2 aromatic rings. The van der Waals surface area contributed by atoms with Gasteiger partial charge in [0.2, 0.25) is 5.91 Å². The van der Waals surface area contributed by atoms with Crippen LogP contribution in [-0.4, -0.2) is 43.0 Å². The Morgan fingerprint density at radius 3 is 2.75 bits per heavy atom. The zero-order chi connectivity index (χ0) is 20.1. The lowest BCUT2D eigenvalue weighted by molar-refractivity contribution is -0.383. The Labute approximate surface area is 163 Å². The van der Waals surface area contributed by atoms with Crippen LogP contribution in [0.1, 0.15) is 24.4 Å². The van der Waals surface area contributed by atoms with Crippen LogP contribution in [0, 0.1) is 10.1 Å². The van der Waals surface area contributed by atoms with Crippen molar-refractivity contribution in [1.82, 2.24) is 4.90 Å². The number of nitro benzene ring substituents is 1. The second-order valence-electron chi connectivity index (χ2n) is 6.56. The van der Waals surface area contributed by atoms with Crippen LogP contribution in [0.3, 0.4) is 0 Å². The summed E-state index contributed by atoms with van der Waals surface area (Å²) in [6.45, 7) is 0.895. The maximum absolute atomic E-state index is 12.6. The maximum Gasteiger partial charge on any atom is 0.292 e. The highest BCUT2D eigenvalue weighted by Gasteiger charge is 2.30. The standard InChI is InChI=1S/C20H23N3O5/c1-27-14-9-10-19(28-2)15(12-14)17-8-5-11-22(17)13-20(24)21-16-6-3-4-7-18(16)23(25)26/h3-4,6-7,9-10,12,17H,5,8,11,13H2,1-2H3,(H,21,24)/t17-/m0/s1. The Balaban J connectivity index is 1.76. The lowest BCUT2D eigenvalue weighted by Gasteiger charge is -2.26. The first kappa shape index (κ1) is 19.6. The molecule has 0 saturated carbocycles. The predicted octanol–water partition coefficient (Wildman–Crippen LogP) is 3.39. The summed E-state index contributed by atoms with van der Waals surface area (Å²) in [7, 11) is 3.23. The number of para-hydroxylation sites is 2. The third kappa shape index (κ3) is 4.23. The smallest absolute Gasteiger partial charge is 0.292 e. The number of nitrogens with one attached hydrogen (secondary N) is 1. The van der Waals surface area contributed by atoms with Crippen molar-refractivity contribution in [3.05, 3.63) is 58.1 Å². The van der Waals surface area contributed by atoms with E-state index < -0.39 is 4.92 Å². The van der Waals surface area contributed by atoms with Crippen molar-refractivity contribution in [1.29, 1.82) is 0 Å². The minimum atomic E-state index is -0.505. The largest absolute Gasteiger partial charge is 0.497 e. The monoisotopic (exact) mass is 385 g/mol. The first-order valence-corrected chi connectivity index (χ1v) is 9.02. The van der Waals surface area contributed by atoms with Crippen molar-refractivity contribution in [2.75, 3.05) is 32.6 Å². The van der Waals surface area contributed by atoms with Crippen molar-refractivity contribution in [2.45, 2.75) is 18.9 Å². The van der Waals surface area contributed by atoms with Gasteiger partial charge in [-0.15, -0.1) is 0 Å². The van der Waals surface area contributed by atoms with Gasteiger partial charge >= 0.3 is 0 Å². The van der Waals surface area contributed by atoms with Gasteiger partial charge in [-0.1, -0.05) is 12.1 Å². The van der Waals surface area contributed by atoms with Crippen LogP contribution in [0.15, 0.2) is 42.5 Å². The van der Waals surface area contributed by atoms with Gasteiger partial charge in [-0.25, -0.2) is 0 Å². The topological polar surface area (TPSA) is 93.9 Å². The Morgan fingerprint density at radius 2 is 2.04 bits per heavy atom. The van der Waals surface area contributed by atoms with Crippen molar-refractivity contribution < 1.29 is 19.2 Å². The molecular weight excluding hydrogens is 362 g/mol. The van der Waals surface area contributed by atoms with E-state index >= 15 is 0 Å². The van der Waals surface area contributed by atoms with Crippen LogP contribution in [0.4, 0.5) is 11.4 Å². The summed E-state index contributed by atoms with van der Waals surface area (Å²) in [6, 6.07) is 11.8. The van der Waals surface area contributed by atoms with Gasteiger partial charge in [-0.2, -0.15) is 0 Å². The lowest BCUT2D eigenvalue weighted by atomic mass is 10.0. The quantitative estimate of drug-likeness (QED) is 0.580. The maximum atomic E-state index is 12.6. The van der Waals surface area contributed by atoms with E-state index in [0.717, 1.165) is 36.4 Å². The number of amides is 1. The van der Waals surface area contributed by atoms with Gasteiger partial charge in [0.05, 0.1) is 25.7 Å². The van der Waals surface area contributed by atoms with Crippen molar-refractivity contribution >= 4 is 17.3 Å². The van der Waals surface area contributed by atoms with Crippen LogP contribution < -0.4 is 14.8 Å². The van der Waals surface area contributed by atoms with Crippen LogP contribution in [-0.2, 0) is 4.79 Å². The molecule has 0 spiro atoms. The van der Waals surface area contributed by atoms with Crippen molar-refractivity contribution in [3.63, 3.8) is 0 Å².